The molecule has 2 aliphatic heterocycles. The van der Waals surface area contributed by atoms with Crippen LogP contribution < -0.4 is 0 Å². The van der Waals surface area contributed by atoms with Crippen molar-refractivity contribution < 1.29 is 9.53 Å². The molecule has 2 atom stereocenters. The fourth-order valence-electron chi connectivity index (χ4n) is 2.09. The molecule has 0 N–H and O–H groups in total. The van der Waals surface area contributed by atoms with Gasteiger partial charge in [0.15, 0.2) is 4.84 Å². The highest BCUT2D eigenvalue weighted by Gasteiger charge is 2.47. The van der Waals surface area contributed by atoms with Crippen molar-refractivity contribution in [1.29, 1.82) is 0 Å². The summed E-state index contributed by atoms with van der Waals surface area (Å²) in [6.45, 7) is 2.49. The Morgan fingerprint density at radius 2 is 2.40 bits per heavy atom. The van der Waals surface area contributed by atoms with Gasteiger partial charge in [0.05, 0.1) is 12.1 Å². The average Bonchev–Trinajstić information content (AvgIpc) is 2.74. The lowest BCUT2D eigenvalue weighted by Gasteiger charge is -2.20. The third-order valence-corrected chi connectivity index (χ3v) is 4.45. The SMILES string of the molecule is CC1OC2(CCSC2)CN1C(=O)C(Cl)Cl. The second kappa shape index (κ2) is 4.32. The molecule has 2 rings (SSSR count). The van der Waals surface area contributed by atoms with E-state index in [1.165, 1.54) is 0 Å². The predicted molar refractivity (Wildman–Crippen MR) is 62.4 cm³/mol. The molecule has 0 aromatic carbocycles. The normalized spacial score (nSPS) is 35.7. The van der Waals surface area contributed by atoms with Crippen LogP contribution >= 0.6 is 35.0 Å². The van der Waals surface area contributed by atoms with Crippen molar-refractivity contribution >= 4 is 40.9 Å². The quantitative estimate of drug-likeness (QED) is 0.681. The van der Waals surface area contributed by atoms with Gasteiger partial charge in [-0.2, -0.15) is 11.8 Å². The monoisotopic (exact) mass is 269 g/mol. The van der Waals surface area contributed by atoms with Gasteiger partial charge in [0.1, 0.15) is 6.23 Å². The first-order chi connectivity index (χ1) is 7.04. The molecule has 0 aromatic rings. The Kier molecular flexibility index (Phi) is 3.41. The summed E-state index contributed by atoms with van der Waals surface area (Å²) in [4.78, 5) is 12.3. The molecule has 0 aromatic heterocycles. The topological polar surface area (TPSA) is 29.5 Å². The Balaban J connectivity index is 2.07. The van der Waals surface area contributed by atoms with Gasteiger partial charge >= 0.3 is 0 Å². The van der Waals surface area contributed by atoms with Gasteiger partial charge in [0.2, 0.25) is 0 Å². The lowest BCUT2D eigenvalue weighted by atomic mass is 10.0. The Morgan fingerprint density at radius 1 is 1.67 bits per heavy atom. The average molecular weight is 270 g/mol. The molecule has 2 saturated heterocycles. The fraction of sp³-hybridized carbons (Fsp3) is 0.889. The summed E-state index contributed by atoms with van der Waals surface area (Å²) in [5.41, 5.74) is -0.150. The lowest BCUT2D eigenvalue weighted by Crippen LogP contribution is -2.40. The smallest absolute Gasteiger partial charge is 0.257 e. The maximum Gasteiger partial charge on any atom is 0.257 e. The van der Waals surface area contributed by atoms with Gasteiger partial charge in [0.25, 0.3) is 5.91 Å². The number of carbonyl (C=O) groups excluding carboxylic acids is 1. The van der Waals surface area contributed by atoms with Crippen molar-refractivity contribution in [3.63, 3.8) is 0 Å². The van der Waals surface area contributed by atoms with Gasteiger partial charge in [-0.05, 0) is 19.1 Å². The summed E-state index contributed by atoms with van der Waals surface area (Å²) in [6, 6.07) is 0. The molecule has 2 aliphatic rings. The van der Waals surface area contributed by atoms with Crippen LogP contribution in [0.3, 0.4) is 0 Å². The molecule has 2 unspecified atom stereocenters. The first kappa shape index (κ1) is 11.8. The van der Waals surface area contributed by atoms with Crippen LogP contribution in [0.2, 0.25) is 0 Å². The first-order valence-corrected chi connectivity index (χ1v) is 6.91. The number of thioether (sulfide) groups is 1. The van der Waals surface area contributed by atoms with E-state index in [0.29, 0.717) is 6.54 Å². The van der Waals surface area contributed by atoms with Crippen molar-refractivity contribution in [1.82, 2.24) is 4.90 Å². The van der Waals surface area contributed by atoms with E-state index < -0.39 is 4.84 Å². The third-order valence-electron chi connectivity index (χ3n) is 2.85. The molecule has 1 spiro atoms. The Hall–Kier alpha value is 0.360. The van der Waals surface area contributed by atoms with E-state index >= 15 is 0 Å². The molecule has 86 valence electrons. The molecule has 0 aliphatic carbocycles. The van der Waals surface area contributed by atoms with Crippen LogP contribution in [0, 0.1) is 0 Å². The van der Waals surface area contributed by atoms with Crippen molar-refractivity contribution in [2.24, 2.45) is 0 Å². The predicted octanol–water partition coefficient (Wildman–Crippen LogP) is 1.87. The van der Waals surface area contributed by atoms with Gasteiger partial charge in [-0.3, -0.25) is 4.79 Å². The van der Waals surface area contributed by atoms with E-state index in [1.807, 2.05) is 18.7 Å². The summed E-state index contributed by atoms with van der Waals surface area (Å²) < 4.78 is 5.86. The van der Waals surface area contributed by atoms with Crippen molar-refractivity contribution in [3.8, 4) is 0 Å². The van der Waals surface area contributed by atoms with Crippen LogP contribution in [0.5, 0.6) is 0 Å². The van der Waals surface area contributed by atoms with Crippen LogP contribution in [0.25, 0.3) is 0 Å². The van der Waals surface area contributed by atoms with Crippen LogP contribution in [0.1, 0.15) is 13.3 Å². The van der Waals surface area contributed by atoms with E-state index in [-0.39, 0.29) is 17.7 Å². The number of nitrogens with zero attached hydrogens (tertiary/aromatic N) is 1. The van der Waals surface area contributed by atoms with Crippen LogP contribution in [0.15, 0.2) is 0 Å². The summed E-state index contributed by atoms with van der Waals surface area (Å²) in [7, 11) is 0. The summed E-state index contributed by atoms with van der Waals surface area (Å²) in [5.74, 6) is 1.80. The largest absolute Gasteiger partial charge is 0.349 e. The standard InChI is InChI=1S/C9H13Cl2NO2S/c1-6-12(8(13)7(10)11)4-9(14-6)2-3-15-5-9/h6-7H,2-5H2,1H3. The number of rotatable bonds is 1. The van der Waals surface area contributed by atoms with Crippen molar-refractivity contribution in [2.45, 2.75) is 30.0 Å². The van der Waals surface area contributed by atoms with E-state index in [9.17, 15) is 4.79 Å². The number of hydrogen-bond donors (Lipinski definition) is 0. The molecule has 0 radical (unpaired) electrons. The van der Waals surface area contributed by atoms with Gasteiger partial charge in [-0.15, -0.1) is 0 Å². The van der Waals surface area contributed by atoms with E-state index in [0.717, 1.165) is 17.9 Å². The van der Waals surface area contributed by atoms with Gasteiger partial charge < -0.3 is 9.64 Å². The van der Waals surface area contributed by atoms with Crippen LogP contribution in [0.4, 0.5) is 0 Å². The Morgan fingerprint density at radius 3 is 2.93 bits per heavy atom. The molecular weight excluding hydrogens is 257 g/mol. The lowest BCUT2D eigenvalue weighted by molar-refractivity contribution is -0.134. The summed E-state index contributed by atoms with van der Waals surface area (Å²) >= 11 is 13.0. The van der Waals surface area contributed by atoms with Crippen molar-refractivity contribution in [3.05, 3.63) is 0 Å². The highest BCUT2D eigenvalue weighted by atomic mass is 35.5. The summed E-state index contributed by atoms with van der Waals surface area (Å²) in [5, 5.41) is 0. The van der Waals surface area contributed by atoms with E-state index in [1.54, 1.807) is 4.90 Å². The van der Waals surface area contributed by atoms with E-state index in [4.69, 9.17) is 27.9 Å². The molecule has 0 bridgehead atoms. The first-order valence-electron chi connectivity index (χ1n) is 4.88. The minimum absolute atomic E-state index is 0.150. The second-order valence-corrected chi connectivity index (χ2v) is 6.17. The highest BCUT2D eigenvalue weighted by molar-refractivity contribution is 7.99. The molecule has 3 nitrogen and oxygen atoms in total. The molecule has 0 saturated carbocycles. The highest BCUT2D eigenvalue weighted by Crippen LogP contribution is 2.38. The summed E-state index contributed by atoms with van der Waals surface area (Å²) in [6.07, 6.45) is 0.789. The van der Waals surface area contributed by atoms with Gasteiger partial charge in [-0.1, -0.05) is 23.2 Å². The number of halogens is 2. The number of hydrogen-bond acceptors (Lipinski definition) is 3. The Labute approximate surface area is 103 Å². The number of amides is 1. The second-order valence-electron chi connectivity index (χ2n) is 3.97. The maximum absolute atomic E-state index is 11.7. The Bertz CT molecular complexity index is 269. The molecule has 1 amide bonds. The minimum Gasteiger partial charge on any atom is -0.349 e. The number of alkyl halides is 2. The zero-order valence-corrected chi connectivity index (χ0v) is 10.7. The van der Waals surface area contributed by atoms with E-state index in [2.05, 4.69) is 0 Å². The minimum atomic E-state index is -0.986. The molecule has 15 heavy (non-hydrogen) atoms. The molecule has 2 fully saturated rings. The number of carbonyl (C=O) groups is 1. The zero-order chi connectivity index (χ0) is 11.1. The maximum atomic E-state index is 11.7. The molecule has 2 heterocycles. The fourth-order valence-corrected chi connectivity index (χ4v) is 3.68. The van der Waals surface area contributed by atoms with Gasteiger partial charge in [0, 0.05) is 5.75 Å². The van der Waals surface area contributed by atoms with Crippen LogP contribution in [-0.2, 0) is 9.53 Å². The van der Waals surface area contributed by atoms with Gasteiger partial charge in [-0.25, -0.2) is 0 Å². The third kappa shape index (κ3) is 2.23. The number of ether oxygens (including phenoxy) is 1. The van der Waals surface area contributed by atoms with Crippen LogP contribution in [-0.4, -0.2) is 45.5 Å². The van der Waals surface area contributed by atoms with Crippen molar-refractivity contribution in [2.75, 3.05) is 18.1 Å². The molecular formula is C9H13Cl2NO2S. The zero-order valence-electron chi connectivity index (χ0n) is 8.41. The molecule has 6 heteroatoms.